The highest BCUT2D eigenvalue weighted by atomic mass is 35.5. The van der Waals surface area contributed by atoms with Crippen LogP contribution in [0.4, 0.5) is 5.69 Å². The van der Waals surface area contributed by atoms with Gasteiger partial charge >= 0.3 is 0 Å². The molecule has 0 spiro atoms. The van der Waals surface area contributed by atoms with E-state index < -0.39 is 11.5 Å². The summed E-state index contributed by atoms with van der Waals surface area (Å²) in [6.07, 6.45) is 1.63. The van der Waals surface area contributed by atoms with Crippen LogP contribution in [0.15, 0.2) is 72.8 Å². The first-order chi connectivity index (χ1) is 14.9. The van der Waals surface area contributed by atoms with E-state index in [4.69, 9.17) is 11.6 Å². The second kappa shape index (κ2) is 8.66. The van der Waals surface area contributed by atoms with Crippen LogP contribution >= 0.6 is 11.6 Å². The highest BCUT2D eigenvalue weighted by Gasteiger charge is 2.51. The van der Waals surface area contributed by atoms with Crippen LogP contribution in [0.3, 0.4) is 0 Å². The van der Waals surface area contributed by atoms with Gasteiger partial charge in [-0.15, -0.1) is 0 Å². The first-order valence-corrected chi connectivity index (χ1v) is 10.8. The Balaban J connectivity index is 1.65. The summed E-state index contributed by atoms with van der Waals surface area (Å²) in [5.74, 6) is -0.795. The minimum absolute atomic E-state index is 0.286. The summed E-state index contributed by atoms with van der Waals surface area (Å²) in [6, 6.07) is 21.9. The van der Waals surface area contributed by atoms with Gasteiger partial charge in [0.05, 0.1) is 18.7 Å². The fourth-order valence-corrected chi connectivity index (χ4v) is 4.27. The number of Topliss-reactive ketones (excluding diaryl/α,β-unsaturated/α-hetero) is 1. The number of aryl methyl sites for hydroxylation is 1. The van der Waals surface area contributed by atoms with E-state index in [9.17, 15) is 14.7 Å². The van der Waals surface area contributed by atoms with Crippen molar-refractivity contribution in [3.05, 3.63) is 100 Å². The molecule has 4 rings (SSSR count). The van der Waals surface area contributed by atoms with Crippen molar-refractivity contribution in [2.75, 3.05) is 4.90 Å². The number of carbonyl (C=O) groups is 2. The number of rotatable bonds is 7. The molecule has 0 aliphatic carbocycles. The smallest absolute Gasteiger partial charge is 0.264 e. The predicted octanol–water partition coefficient (Wildman–Crippen LogP) is 5.30. The van der Waals surface area contributed by atoms with E-state index in [1.165, 1.54) is 4.90 Å². The number of benzene rings is 3. The van der Waals surface area contributed by atoms with E-state index in [0.717, 1.165) is 24.0 Å². The lowest BCUT2D eigenvalue weighted by atomic mass is 9.88. The van der Waals surface area contributed by atoms with Crippen LogP contribution < -0.4 is 4.90 Å². The molecule has 4 nitrogen and oxygen atoms in total. The monoisotopic (exact) mass is 433 g/mol. The molecule has 158 valence electrons. The zero-order valence-corrected chi connectivity index (χ0v) is 18.1. The maximum atomic E-state index is 13.4. The van der Waals surface area contributed by atoms with Crippen molar-refractivity contribution in [2.24, 2.45) is 0 Å². The molecule has 0 fully saturated rings. The summed E-state index contributed by atoms with van der Waals surface area (Å²) >= 11 is 6.18. The van der Waals surface area contributed by atoms with Crippen molar-refractivity contribution in [2.45, 2.75) is 38.3 Å². The van der Waals surface area contributed by atoms with Crippen molar-refractivity contribution in [3.63, 3.8) is 0 Å². The van der Waals surface area contributed by atoms with E-state index in [-0.39, 0.29) is 12.2 Å². The number of nitrogens with zero attached hydrogens (tertiary/aromatic N) is 1. The van der Waals surface area contributed by atoms with Gasteiger partial charge in [-0.2, -0.15) is 0 Å². The molecular formula is C26H24ClNO3. The molecule has 0 bridgehead atoms. The SMILES string of the molecule is CCCc1ccc(C(=O)CC2(O)C(=O)N(Cc3ccccc3)c3ccc(Cl)cc32)cc1. The van der Waals surface area contributed by atoms with Gasteiger partial charge in [-0.1, -0.05) is 79.5 Å². The Morgan fingerprint density at radius 3 is 2.39 bits per heavy atom. The molecule has 1 unspecified atom stereocenters. The first kappa shape index (κ1) is 21.3. The van der Waals surface area contributed by atoms with Crippen LogP contribution in [-0.2, 0) is 23.4 Å². The molecule has 0 saturated heterocycles. The Labute approximate surface area is 187 Å². The molecule has 1 aliphatic heterocycles. The maximum absolute atomic E-state index is 13.4. The summed E-state index contributed by atoms with van der Waals surface area (Å²) < 4.78 is 0. The molecule has 1 N–H and O–H groups in total. The first-order valence-electron chi connectivity index (χ1n) is 10.4. The lowest BCUT2D eigenvalue weighted by molar-refractivity contribution is -0.136. The number of hydrogen-bond acceptors (Lipinski definition) is 3. The number of fused-ring (bicyclic) bond motifs is 1. The van der Waals surface area contributed by atoms with E-state index in [1.807, 2.05) is 42.5 Å². The predicted molar refractivity (Wildman–Crippen MR) is 122 cm³/mol. The lowest BCUT2D eigenvalue weighted by Gasteiger charge is -2.23. The standard InChI is InChI=1S/C26H24ClNO3/c1-2-6-18-9-11-20(12-10-18)24(29)16-26(31)22-15-21(27)13-14-23(22)28(25(26)30)17-19-7-4-3-5-8-19/h3-5,7-15,31H,2,6,16-17H2,1H3. The number of ketones is 1. The number of carbonyl (C=O) groups excluding carboxylic acids is 2. The van der Waals surface area contributed by atoms with Gasteiger partial charge < -0.3 is 10.0 Å². The molecule has 1 atom stereocenters. The van der Waals surface area contributed by atoms with Crippen molar-refractivity contribution >= 4 is 29.0 Å². The van der Waals surface area contributed by atoms with E-state index >= 15 is 0 Å². The van der Waals surface area contributed by atoms with Crippen LogP contribution in [0.2, 0.25) is 5.02 Å². The molecule has 1 amide bonds. The molecule has 1 heterocycles. The second-order valence-electron chi connectivity index (χ2n) is 7.95. The molecular weight excluding hydrogens is 410 g/mol. The second-order valence-corrected chi connectivity index (χ2v) is 8.38. The normalized spacial score (nSPS) is 17.6. The molecule has 0 radical (unpaired) electrons. The van der Waals surface area contributed by atoms with Gasteiger partial charge in [0.15, 0.2) is 11.4 Å². The lowest BCUT2D eigenvalue weighted by Crippen LogP contribution is -2.41. The van der Waals surface area contributed by atoms with Gasteiger partial charge in [-0.3, -0.25) is 9.59 Å². The minimum atomic E-state index is -1.95. The third-order valence-corrected chi connectivity index (χ3v) is 5.94. The van der Waals surface area contributed by atoms with E-state index in [2.05, 4.69) is 6.92 Å². The van der Waals surface area contributed by atoms with E-state index in [1.54, 1.807) is 30.3 Å². The molecule has 3 aromatic carbocycles. The fourth-order valence-electron chi connectivity index (χ4n) is 4.10. The van der Waals surface area contributed by atoms with Crippen LogP contribution in [0.25, 0.3) is 0 Å². The number of halogens is 1. The zero-order chi connectivity index (χ0) is 22.0. The molecule has 5 heteroatoms. The van der Waals surface area contributed by atoms with Crippen molar-refractivity contribution in [1.82, 2.24) is 0 Å². The summed E-state index contributed by atoms with van der Waals surface area (Å²) in [5.41, 5.74) is 1.56. The molecule has 3 aromatic rings. The number of hydrogen-bond donors (Lipinski definition) is 1. The number of anilines is 1. The van der Waals surface area contributed by atoms with Crippen LogP contribution in [-0.4, -0.2) is 16.8 Å². The largest absolute Gasteiger partial charge is 0.375 e. The number of amides is 1. The summed E-state index contributed by atoms with van der Waals surface area (Å²) in [7, 11) is 0. The van der Waals surface area contributed by atoms with E-state index in [0.29, 0.717) is 28.4 Å². The quantitative estimate of drug-likeness (QED) is 0.514. The molecule has 31 heavy (non-hydrogen) atoms. The highest BCUT2D eigenvalue weighted by Crippen LogP contribution is 2.44. The van der Waals surface area contributed by atoms with Crippen molar-refractivity contribution in [1.29, 1.82) is 0 Å². The molecule has 0 aromatic heterocycles. The van der Waals surface area contributed by atoms with Crippen LogP contribution in [0.1, 0.15) is 46.8 Å². The van der Waals surface area contributed by atoms with Gasteiger partial charge in [-0.25, -0.2) is 0 Å². The summed E-state index contributed by atoms with van der Waals surface area (Å²) in [6.45, 7) is 2.40. The average Bonchev–Trinajstić information content (AvgIpc) is 2.96. The maximum Gasteiger partial charge on any atom is 0.264 e. The van der Waals surface area contributed by atoms with Gasteiger partial charge in [0, 0.05) is 16.1 Å². The molecule has 1 aliphatic rings. The third kappa shape index (κ3) is 4.14. The Kier molecular flexibility index (Phi) is 5.94. The van der Waals surface area contributed by atoms with Gasteiger partial charge in [-0.05, 0) is 35.7 Å². The Bertz CT molecular complexity index is 1110. The Morgan fingerprint density at radius 2 is 1.71 bits per heavy atom. The highest BCUT2D eigenvalue weighted by molar-refractivity contribution is 6.31. The van der Waals surface area contributed by atoms with Gasteiger partial charge in [0.2, 0.25) is 0 Å². The Morgan fingerprint density at radius 1 is 1.00 bits per heavy atom. The Hall–Kier alpha value is -2.95. The van der Waals surface area contributed by atoms with Crippen molar-refractivity contribution in [3.8, 4) is 0 Å². The fraction of sp³-hybridized carbons (Fsp3) is 0.231. The van der Waals surface area contributed by atoms with Crippen molar-refractivity contribution < 1.29 is 14.7 Å². The topological polar surface area (TPSA) is 57.6 Å². The summed E-state index contributed by atoms with van der Waals surface area (Å²) in [4.78, 5) is 27.9. The van der Waals surface area contributed by atoms with Crippen LogP contribution in [0.5, 0.6) is 0 Å². The minimum Gasteiger partial charge on any atom is -0.375 e. The van der Waals surface area contributed by atoms with Crippen LogP contribution in [0, 0.1) is 0 Å². The zero-order valence-electron chi connectivity index (χ0n) is 17.3. The number of aliphatic hydroxyl groups is 1. The van der Waals surface area contributed by atoms with Gasteiger partial charge in [0.1, 0.15) is 0 Å². The third-order valence-electron chi connectivity index (χ3n) is 5.71. The van der Waals surface area contributed by atoms with Gasteiger partial charge in [0.25, 0.3) is 5.91 Å². The average molecular weight is 434 g/mol. The molecule has 0 saturated carbocycles. The summed E-state index contributed by atoms with van der Waals surface area (Å²) in [5, 5.41) is 11.9.